The van der Waals surface area contributed by atoms with Gasteiger partial charge in [-0.25, -0.2) is 4.98 Å². The molecule has 10 heavy (non-hydrogen) atoms. The van der Waals surface area contributed by atoms with Gasteiger partial charge < -0.3 is 0 Å². The number of nitrogens with zero attached hydrogens (tertiary/aromatic N) is 2. The number of rotatable bonds is 1. The molecule has 1 rings (SSSR count). The summed E-state index contributed by atoms with van der Waals surface area (Å²) in [7, 11) is 0. The van der Waals surface area contributed by atoms with Gasteiger partial charge in [0.25, 0.3) is 0 Å². The van der Waals surface area contributed by atoms with Crippen LogP contribution in [0.2, 0.25) is 0 Å². The van der Waals surface area contributed by atoms with Crippen molar-refractivity contribution in [2.24, 2.45) is 0 Å². The summed E-state index contributed by atoms with van der Waals surface area (Å²) in [6.45, 7) is 7.42. The fourth-order valence-corrected chi connectivity index (χ4v) is 0.716. The van der Waals surface area contributed by atoms with E-state index < -0.39 is 0 Å². The van der Waals surface area contributed by atoms with Gasteiger partial charge >= 0.3 is 5.82 Å². The van der Waals surface area contributed by atoms with E-state index in [-0.39, 0.29) is 0 Å². The molecule has 0 aromatic carbocycles. The first-order chi connectivity index (χ1) is 4.75. The number of aromatic nitrogens is 2. The summed E-state index contributed by atoms with van der Waals surface area (Å²) in [5.74, 6) is 0.799. The third-order valence-electron chi connectivity index (χ3n) is 1.50. The van der Waals surface area contributed by atoms with Gasteiger partial charge in [0.1, 0.15) is 0 Å². The van der Waals surface area contributed by atoms with Crippen molar-refractivity contribution in [3.05, 3.63) is 17.6 Å². The maximum Gasteiger partial charge on any atom is 0.326 e. The van der Waals surface area contributed by atoms with E-state index in [9.17, 15) is 0 Å². The molecule has 0 aliphatic carbocycles. The summed E-state index contributed by atoms with van der Waals surface area (Å²) in [5.41, 5.74) is 2.04. The lowest BCUT2D eigenvalue weighted by Crippen LogP contribution is -2.59. The summed E-state index contributed by atoms with van der Waals surface area (Å²) < 4.78 is 0. The van der Waals surface area contributed by atoms with E-state index in [1.54, 1.807) is 0 Å². The Morgan fingerprint density at radius 3 is 2.60 bits per heavy atom. The molecule has 1 N–H and O–H groups in total. The molecular weight excluding hydrogens is 126 g/mol. The second kappa shape index (κ2) is 2.56. The van der Waals surface area contributed by atoms with Gasteiger partial charge in [0.05, 0.1) is 18.0 Å². The van der Waals surface area contributed by atoms with Gasteiger partial charge in [0, 0.05) is 0 Å². The Balaban J connectivity index is 3.27. The van der Waals surface area contributed by atoms with Gasteiger partial charge in [-0.05, 0) is 18.8 Å². The summed E-state index contributed by atoms with van der Waals surface area (Å²) in [6, 6.07) is 0. The van der Waals surface area contributed by atoms with Crippen LogP contribution in [0.1, 0.15) is 11.3 Å². The van der Waals surface area contributed by atoms with Crippen molar-refractivity contribution >= 4 is 12.5 Å². The minimum absolute atomic E-state index is 0.799. The normalized spacial score (nSPS) is 9.40. The first-order valence-electron chi connectivity index (χ1n) is 3.07. The Morgan fingerprint density at radius 1 is 1.40 bits per heavy atom. The molecule has 0 atom stereocenters. The van der Waals surface area contributed by atoms with Crippen molar-refractivity contribution in [1.29, 1.82) is 0 Å². The number of hydrogen-bond acceptors (Lipinski definition) is 2. The average molecular weight is 136 g/mol. The summed E-state index contributed by atoms with van der Waals surface area (Å²) >= 11 is 0. The van der Waals surface area contributed by atoms with E-state index in [1.165, 1.54) is 6.33 Å². The van der Waals surface area contributed by atoms with Crippen molar-refractivity contribution in [1.82, 2.24) is 9.97 Å². The van der Waals surface area contributed by atoms with Gasteiger partial charge in [-0.15, -0.1) is 0 Å². The van der Waals surface area contributed by atoms with Crippen LogP contribution in [0.4, 0.5) is 5.82 Å². The van der Waals surface area contributed by atoms with Crippen molar-refractivity contribution in [2.75, 3.05) is 0 Å². The van der Waals surface area contributed by atoms with E-state index in [1.807, 2.05) is 13.8 Å². The van der Waals surface area contributed by atoms with Crippen molar-refractivity contribution < 1.29 is 4.99 Å². The lowest BCUT2D eigenvalue weighted by Gasteiger charge is -1.92. The molecule has 0 saturated heterocycles. The van der Waals surface area contributed by atoms with Gasteiger partial charge in [0.2, 0.25) is 6.33 Å². The zero-order valence-corrected chi connectivity index (χ0v) is 6.18. The monoisotopic (exact) mass is 136 g/mol. The smallest absolute Gasteiger partial charge is 0.251 e. The lowest BCUT2D eigenvalue weighted by molar-refractivity contribution is -0.348. The molecule has 0 bridgehead atoms. The van der Waals surface area contributed by atoms with Crippen LogP contribution < -0.4 is 4.99 Å². The molecule has 0 saturated carbocycles. The SMILES string of the molecule is C=[NH+]c1ncnc(C)c1C. The molecule has 0 aliphatic rings. The highest BCUT2D eigenvalue weighted by molar-refractivity contribution is 5.33. The zero-order valence-electron chi connectivity index (χ0n) is 6.18. The third-order valence-corrected chi connectivity index (χ3v) is 1.50. The van der Waals surface area contributed by atoms with Crippen molar-refractivity contribution in [3.8, 4) is 0 Å². The van der Waals surface area contributed by atoms with Gasteiger partial charge in [-0.2, -0.15) is 0 Å². The molecule has 0 fully saturated rings. The number of hydrogen-bond donors (Lipinski definition) is 1. The maximum atomic E-state index is 4.01. The molecular formula is C7H10N3+. The van der Waals surface area contributed by atoms with Crippen molar-refractivity contribution in [3.63, 3.8) is 0 Å². The molecule has 0 radical (unpaired) electrons. The molecule has 1 heterocycles. The Bertz CT molecular complexity index is 255. The minimum atomic E-state index is 0.799. The number of aryl methyl sites for hydroxylation is 1. The Morgan fingerprint density at radius 2 is 2.10 bits per heavy atom. The van der Waals surface area contributed by atoms with Crippen LogP contribution in [0.5, 0.6) is 0 Å². The average Bonchev–Trinajstić information content (AvgIpc) is 1.95. The van der Waals surface area contributed by atoms with Gasteiger partial charge in [0.15, 0.2) is 0 Å². The van der Waals surface area contributed by atoms with E-state index in [0.717, 1.165) is 17.1 Å². The van der Waals surface area contributed by atoms with Crippen LogP contribution in [0, 0.1) is 13.8 Å². The molecule has 3 nitrogen and oxygen atoms in total. The molecule has 52 valence electrons. The first-order valence-corrected chi connectivity index (χ1v) is 3.07. The summed E-state index contributed by atoms with van der Waals surface area (Å²) in [5, 5.41) is 0. The van der Waals surface area contributed by atoms with E-state index in [2.05, 4.69) is 21.7 Å². The molecule has 0 amide bonds. The fraction of sp³-hybridized carbons (Fsp3) is 0.286. The highest BCUT2D eigenvalue weighted by Crippen LogP contribution is 2.05. The largest absolute Gasteiger partial charge is 0.326 e. The molecule has 0 aliphatic heterocycles. The molecule has 1 aromatic rings. The molecule has 3 heteroatoms. The summed E-state index contributed by atoms with van der Waals surface area (Å²) in [6.07, 6.45) is 1.52. The highest BCUT2D eigenvalue weighted by Gasteiger charge is 2.05. The number of nitrogens with one attached hydrogen (secondary N) is 1. The lowest BCUT2D eigenvalue weighted by atomic mass is 10.2. The van der Waals surface area contributed by atoms with Crippen LogP contribution in [0.25, 0.3) is 0 Å². The topological polar surface area (TPSA) is 39.8 Å². The third kappa shape index (κ3) is 1.03. The Kier molecular flexibility index (Phi) is 1.76. The standard InChI is InChI=1S/C7H9N3/c1-5-6(2)9-4-10-7(5)8-3/h4H,3H2,1-2H3/p+1. The molecule has 0 spiro atoms. The molecule has 1 aromatic heterocycles. The predicted octanol–water partition coefficient (Wildman–Crippen LogP) is -0.494. The Hall–Kier alpha value is -1.25. The van der Waals surface area contributed by atoms with Gasteiger partial charge in [-0.1, -0.05) is 0 Å². The second-order valence-electron chi connectivity index (χ2n) is 2.11. The quantitative estimate of drug-likeness (QED) is 0.529. The molecule has 0 unspecified atom stereocenters. The predicted molar refractivity (Wildman–Crippen MR) is 39.2 cm³/mol. The highest BCUT2D eigenvalue weighted by atomic mass is 14.9. The van der Waals surface area contributed by atoms with E-state index in [4.69, 9.17) is 0 Å². The first kappa shape index (κ1) is 6.86. The second-order valence-corrected chi connectivity index (χ2v) is 2.11. The maximum absolute atomic E-state index is 4.01. The summed E-state index contributed by atoms with van der Waals surface area (Å²) in [4.78, 5) is 10.7. The minimum Gasteiger partial charge on any atom is -0.251 e. The Labute approximate surface area is 59.9 Å². The van der Waals surface area contributed by atoms with Crippen LogP contribution in [0.15, 0.2) is 6.33 Å². The van der Waals surface area contributed by atoms with Crippen LogP contribution >= 0.6 is 0 Å². The van der Waals surface area contributed by atoms with Gasteiger partial charge in [-0.3, -0.25) is 4.99 Å². The fourth-order valence-electron chi connectivity index (χ4n) is 0.716. The van der Waals surface area contributed by atoms with E-state index in [0.29, 0.717) is 0 Å². The van der Waals surface area contributed by atoms with Crippen LogP contribution in [0.3, 0.4) is 0 Å². The van der Waals surface area contributed by atoms with Crippen LogP contribution in [-0.2, 0) is 0 Å². The van der Waals surface area contributed by atoms with E-state index >= 15 is 0 Å². The van der Waals surface area contributed by atoms with Crippen molar-refractivity contribution in [2.45, 2.75) is 13.8 Å². The van der Waals surface area contributed by atoms with Crippen LogP contribution in [-0.4, -0.2) is 16.7 Å². The zero-order chi connectivity index (χ0) is 7.56.